The Morgan fingerprint density at radius 3 is 2.61 bits per heavy atom. The van der Waals surface area contributed by atoms with Gasteiger partial charge in [-0.1, -0.05) is 24.3 Å². The lowest BCUT2D eigenvalue weighted by molar-refractivity contribution is 0.0459. The molecule has 3 aromatic rings. The molecule has 0 amide bonds. The highest BCUT2D eigenvalue weighted by Crippen LogP contribution is 2.12. The molecule has 3 rings (SSSR count). The predicted molar refractivity (Wildman–Crippen MR) is 84.2 cm³/mol. The van der Waals surface area contributed by atoms with Crippen LogP contribution in [0, 0.1) is 13.8 Å². The van der Waals surface area contributed by atoms with Crippen molar-refractivity contribution in [3.63, 3.8) is 0 Å². The van der Waals surface area contributed by atoms with Crippen LogP contribution in [0.4, 0.5) is 0 Å². The number of para-hydroxylation sites is 1. The van der Waals surface area contributed by atoms with Gasteiger partial charge in [0.25, 0.3) is 0 Å². The molecular weight excluding hydrogens is 292 g/mol. The molecule has 0 spiro atoms. The third-order valence-corrected chi connectivity index (χ3v) is 3.61. The van der Waals surface area contributed by atoms with E-state index in [9.17, 15) is 4.79 Å². The first kappa shape index (κ1) is 14.9. The van der Waals surface area contributed by atoms with E-state index in [-0.39, 0.29) is 6.61 Å². The van der Waals surface area contributed by atoms with Gasteiger partial charge < -0.3 is 4.74 Å². The summed E-state index contributed by atoms with van der Waals surface area (Å²) in [5.41, 5.74) is 3.52. The van der Waals surface area contributed by atoms with Crippen molar-refractivity contribution in [2.24, 2.45) is 0 Å². The van der Waals surface area contributed by atoms with E-state index < -0.39 is 5.97 Å². The summed E-state index contributed by atoms with van der Waals surface area (Å²) in [5.74, 6) is 0.0732. The van der Waals surface area contributed by atoms with E-state index in [0.29, 0.717) is 11.4 Å². The van der Waals surface area contributed by atoms with Gasteiger partial charge in [0.1, 0.15) is 0 Å². The number of nitrogens with zero attached hydrogens (tertiary/aromatic N) is 4. The van der Waals surface area contributed by atoms with Crippen molar-refractivity contribution in [2.75, 3.05) is 0 Å². The van der Waals surface area contributed by atoms with Crippen LogP contribution in [-0.4, -0.2) is 26.2 Å². The Morgan fingerprint density at radius 2 is 1.87 bits per heavy atom. The monoisotopic (exact) mass is 308 g/mol. The summed E-state index contributed by atoms with van der Waals surface area (Å²) >= 11 is 0. The van der Waals surface area contributed by atoms with E-state index in [0.717, 1.165) is 16.8 Å². The second-order valence-corrected chi connectivity index (χ2v) is 5.22. The number of benzene rings is 2. The SMILES string of the molecule is Cc1ccc(C(=O)OCc2nnnn2-c2ccccc2)cc1C. The van der Waals surface area contributed by atoms with Gasteiger partial charge in [-0.2, -0.15) is 4.68 Å². The lowest BCUT2D eigenvalue weighted by atomic mass is 10.1. The fraction of sp³-hybridized carbons (Fsp3) is 0.176. The zero-order valence-electron chi connectivity index (χ0n) is 12.9. The zero-order chi connectivity index (χ0) is 16.2. The topological polar surface area (TPSA) is 69.9 Å². The third-order valence-electron chi connectivity index (χ3n) is 3.61. The van der Waals surface area contributed by atoms with Crippen LogP contribution in [0.5, 0.6) is 0 Å². The maximum absolute atomic E-state index is 12.2. The summed E-state index contributed by atoms with van der Waals surface area (Å²) in [6.07, 6.45) is 0. The van der Waals surface area contributed by atoms with E-state index in [1.54, 1.807) is 10.7 Å². The van der Waals surface area contributed by atoms with Gasteiger partial charge in [0, 0.05) is 0 Å². The molecule has 2 aromatic carbocycles. The number of hydrogen-bond donors (Lipinski definition) is 0. The van der Waals surface area contributed by atoms with Crippen molar-refractivity contribution in [2.45, 2.75) is 20.5 Å². The van der Waals surface area contributed by atoms with Gasteiger partial charge in [-0.25, -0.2) is 4.79 Å². The number of carbonyl (C=O) groups excluding carboxylic acids is 1. The van der Waals surface area contributed by atoms with Crippen LogP contribution in [0.25, 0.3) is 5.69 Å². The number of ether oxygens (including phenoxy) is 1. The van der Waals surface area contributed by atoms with Crippen molar-refractivity contribution in [1.82, 2.24) is 20.2 Å². The molecule has 0 fully saturated rings. The summed E-state index contributed by atoms with van der Waals surface area (Å²) < 4.78 is 6.88. The third kappa shape index (κ3) is 3.26. The predicted octanol–water partition coefficient (Wildman–Crippen LogP) is 2.64. The first-order chi connectivity index (χ1) is 11.1. The molecule has 0 radical (unpaired) electrons. The van der Waals surface area contributed by atoms with Crippen molar-refractivity contribution in [1.29, 1.82) is 0 Å². The Labute approximate surface area is 133 Å². The van der Waals surface area contributed by atoms with Crippen LogP contribution >= 0.6 is 0 Å². The Bertz CT molecular complexity index is 828. The minimum Gasteiger partial charge on any atom is -0.454 e. The molecule has 1 heterocycles. The lowest BCUT2D eigenvalue weighted by Crippen LogP contribution is -2.10. The molecule has 1 aromatic heterocycles. The summed E-state index contributed by atoms with van der Waals surface area (Å²) in [7, 11) is 0. The number of esters is 1. The number of hydrogen-bond acceptors (Lipinski definition) is 5. The lowest BCUT2D eigenvalue weighted by Gasteiger charge is -2.07. The molecule has 0 aliphatic rings. The van der Waals surface area contributed by atoms with Crippen molar-refractivity contribution >= 4 is 5.97 Å². The second-order valence-electron chi connectivity index (χ2n) is 5.22. The molecule has 0 aliphatic heterocycles. The Hall–Kier alpha value is -3.02. The molecule has 6 nitrogen and oxygen atoms in total. The second kappa shape index (κ2) is 6.39. The zero-order valence-corrected chi connectivity index (χ0v) is 12.9. The average molecular weight is 308 g/mol. The fourth-order valence-electron chi connectivity index (χ4n) is 2.15. The highest BCUT2D eigenvalue weighted by molar-refractivity contribution is 5.89. The van der Waals surface area contributed by atoms with Crippen LogP contribution in [0.2, 0.25) is 0 Å². The van der Waals surface area contributed by atoms with Gasteiger partial charge in [-0.3, -0.25) is 0 Å². The smallest absolute Gasteiger partial charge is 0.338 e. The number of tetrazole rings is 1. The fourth-order valence-corrected chi connectivity index (χ4v) is 2.15. The van der Waals surface area contributed by atoms with Crippen LogP contribution < -0.4 is 0 Å². The maximum atomic E-state index is 12.2. The number of aryl methyl sites for hydroxylation is 2. The largest absolute Gasteiger partial charge is 0.454 e. The Kier molecular flexibility index (Phi) is 4.14. The van der Waals surface area contributed by atoms with E-state index in [4.69, 9.17) is 4.74 Å². The van der Waals surface area contributed by atoms with Crippen LogP contribution in [0.15, 0.2) is 48.5 Å². The Morgan fingerprint density at radius 1 is 1.09 bits per heavy atom. The molecule has 0 atom stereocenters. The first-order valence-corrected chi connectivity index (χ1v) is 7.22. The number of carbonyl (C=O) groups is 1. The molecule has 0 saturated heterocycles. The minimum atomic E-state index is -0.393. The molecule has 0 bridgehead atoms. The number of aromatic nitrogens is 4. The molecule has 6 heteroatoms. The highest BCUT2D eigenvalue weighted by Gasteiger charge is 2.13. The highest BCUT2D eigenvalue weighted by atomic mass is 16.5. The van der Waals surface area contributed by atoms with E-state index in [2.05, 4.69) is 15.5 Å². The molecule has 0 N–H and O–H groups in total. The molecule has 0 aliphatic carbocycles. The summed E-state index contributed by atoms with van der Waals surface area (Å²) in [6, 6.07) is 14.9. The molecule has 0 unspecified atom stereocenters. The normalized spacial score (nSPS) is 10.5. The van der Waals surface area contributed by atoms with Gasteiger partial charge in [0.05, 0.1) is 11.3 Å². The maximum Gasteiger partial charge on any atom is 0.338 e. The summed E-state index contributed by atoms with van der Waals surface area (Å²) in [4.78, 5) is 12.2. The standard InChI is InChI=1S/C17H16N4O2/c1-12-8-9-14(10-13(12)2)17(22)23-11-16-18-19-20-21(16)15-6-4-3-5-7-15/h3-10H,11H2,1-2H3. The van der Waals surface area contributed by atoms with Crippen LogP contribution in [0.1, 0.15) is 27.3 Å². The molecular formula is C17H16N4O2. The van der Waals surface area contributed by atoms with E-state index in [1.807, 2.05) is 56.3 Å². The quantitative estimate of drug-likeness (QED) is 0.693. The summed E-state index contributed by atoms with van der Waals surface area (Å²) in [5, 5.41) is 11.5. The van der Waals surface area contributed by atoms with Gasteiger partial charge in [0.2, 0.25) is 0 Å². The van der Waals surface area contributed by atoms with Gasteiger partial charge in [0.15, 0.2) is 12.4 Å². The van der Waals surface area contributed by atoms with Crippen molar-refractivity contribution < 1.29 is 9.53 Å². The minimum absolute atomic E-state index is 0.00759. The van der Waals surface area contributed by atoms with Gasteiger partial charge in [-0.15, -0.1) is 5.10 Å². The van der Waals surface area contributed by atoms with Crippen LogP contribution in [-0.2, 0) is 11.3 Å². The molecule has 23 heavy (non-hydrogen) atoms. The van der Waals surface area contributed by atoms with Gasteiger partial charge >= 0.3 is 5.97 Å². The van der Waals surface area contributed by atoms with Gasteiger partial charge in [-0.05, 0) is 59.7 Å². The summed E-state index contributed by atoms with van der Waals surface area (Å²) in [6.45, 7) is 3.97. The van der Waals surface area contributed by atoms with E-state index >= 15 is 0 Å². The average Bonchev–Trinajstić information content (AvgIpc) is 3.04. The number of rotatable bonds is 4. The van der Waals surface area contributed by atoms with Crippen molar-refractivity contribution in [3.05, 3.63) is 71.0 Å². The van der Waals surface area contributed by atoms with E-state index in [1.165, 1.54) is 0 Å². The van der Waals surface area contributed by atoms with Crippen LogP contribution in [0.3, 0.4) is 0 Å². The first-order valence-electron chi connectivity index (χ1n) is 7.22. The molecule has 0 saturated carbocycles. The Balaban J connectivity index is 1.73. The molecule has 116 valence electrons. The van der Waals surface area contributed by atoms with Crippen molar-refractivity contribution in [3.8, 4) is 5.69 Å².